The summed E-state index contributed by atoms with van der Waals surface area (Å²) in [6.07, 6.45) is 0. The van der Waals surface area contributed by atoms with Crippen molar-refractivity contribution in [1.29, 1.82) is 0 Å². The van der Waals surface area contributed by atoms with Gasteiger partial charge in [0, 0.05) is 25.6 Å². The van der Waals surface area contributed by atoms with Crippen LogP contribution in [0.25, 0.3) is 0 Å². The fraction of sp³-hybridized carbons (Fsp3) is 0.333. The minimum Gasteiger partial charge on any atom is -0.351 e. The zero-order valence-electron chi connectivity index (χ0n) is 10.3. The van der Waals surface area contributed by atoms with Crippen molar-refractivity contribution in [1.82, 2.24) is 10.6 Å². The second-order valence-electron chi connectivity index (χ2n) is 3.74. The largest absolute Gasteiger partial charge is 0.351 e. The van der Waals surface area contributed by atoms with Crippen LogP contribution in [0.2, 0.25) is 0 Å². The maximum Gasteiger partial charge on any atom is 0.251 e. The highest BCUT2D eigenvalue weighted by atomic mass is 19.1. The van der Waals surface area contributed by atoms with Crippen LogP contribution in [0.1, 0.15) is 17.3 Å². The van der Waals surface area contributed by atoms with Crippen molar-refractivity contribution in [2.24, 2.45) is 0 Å². The Morgan fingerprint density at radius 2 is 2.00 bits per heavy atom. The molecular formula is C12H16FN3O2. The van der Waals surface area contributed by atoms with E-state index in [9.17, 15) is 14.0 Å². The monoisotopic (exact) mass is 253 g/mol. The van der Waals surface area contributed by atoms with Gasteiger partial charge in [-0.3, -0.25) is 9.59 Å². The molecule has 1 rings (SSSR count). The van der Waals surface area contributed by atoms with E-state index in [0.717, 1.165) is 6.07 Å². The number of nitrogens with one attached hydrogen (secondary N) is 3. The summed E-state index contributed by atoms with van der Waals surface area (Å²) in [5, 5.41) is 7.88. The summed E-state index contributed by atoms with van der Waals surface area (Å²) >= 11 is 0. The van der Waals surface area contributed by atoms with Gasteiger partial charge in [-0.05, 0) is 25.2 Å². The average molecular weight is 253 g/mol. The Bertz CT molecular complexity index is 449. The molecule has 0 aliphatic carbocycles. The van der Waals surface area contributed by atoms with Crippen LogP contribution in [0, 0.1) is 5.82 Å². The number of carbonyl (C=O) groups is 2. The molecule has 0 bridgehead atoms. The minimum absolute atomic E-state index is 0.00349. The lowest BCUT2D eigenvalue weighted by molar-refractivity contribution is -0.114. The number of hydrogen-bond donors (Lipinski definition) is 3. The Balaban J connectivity index is 2.77. The van der Waals surface area contributed by atoms with E-state index in [-0.39, 0.29) is 17.5 Å². The molecule has 0 aliphatic heterocycles. The van der Waals surface area contributed by atoms with Gasteiger partial charge in [-0.15, -0.1) is 0 Å². The van der Waals surface area contributed by atoms with E-state index in [4.69, 9.17) is 0 Å². The molecular weight excluding hydrogens is 237 g/mol. The molecule has 0 aromatic heterocycles. The Morgan fingerprint density at radius 3 is 2.61 bits per heavy atom. The third kappa shape index (κ3) is 4.14. The minimum atomic E-state index is -0.572. The quantitative estimate of drug-likeness (QED) is 0.678. The topological polar surface area (TPSA) is 70.2 Å². The molecule has 0 spiro atoms. The Labute approximate surface area is 105 Å². The summed E-state index contributed by atoms with van der Waals surface area (Å²) in [7, 11) is 1.78. The first-order valence-electron chi connectivity index (χ1n) is 5.54. The predicted molar refractivity (Wildman–Crippen MR) is 67.0 cm³/mol. The number of carbonyl (C=O) groups excluding carboxylic acids is 2. The average Bonchev–Trinajstić information content (AvgIpc) is 2.31. The van der Waals surface area contributed by atoms with E-state index in [2.05, 4.69) is 16.0 Å². The number of likely N-dealkylation sites (N-methyl/N-ethyl adjacent to an activating group) is 1. The van der Waals surface area contributed by atoms with Gasteiger partial charge in [0.2, 0.25) is 5.91 Å². The van der Waals surface area contributed by atoms with Crippen molar-refractivity contribution in [3.63, 3.8) is 0 Å². The predicted octanol–water partition coefficient (Wildman–Crippen LogP) is 0.733. The molecule has 18 heavy (non-hydrogen) atoms. The highest BCUT2D eigenvalue weighted by Crippen LogP contribution is 2.16. The molecule has 2 amide bonds. The van der Waals surface area contributed by atoms with Gasteiger partial charge in [-0.2, -0.15) is 0 Å². The van der Waals surface area contributed by atoms with Crippen LogP contribution in [0.3, 0.4) is 0 Å². The van der Waals surface area contributed by atoms with E-state index in [1.807, 2.05) is 0 Å². The number of halogens is 1. The third-order valence-corrected chi connectivity index (χ3v) is 2.20. The third-order valence-electron chi connectivity index (χ3n) is 2.20. The molecule has 0 saturated carbocycles. The van der Waals surface area contributed by atoms with Crippen molar-refractivity contribution in [2.75, 3.05) is 25.5 Å². The van der Waals surface area contributed by atoms with E-state index < -0.39 is 5.82 Å². The van der Waals surface area contributed by atoms with E-state index >= 15 is 0 Å². The van der Waals surface area contributed by atoms with Crippen LogP contribution < -0.4 is 16.0 Å². The Kier molecular flexibility index (Phi) is 5.26. The van der Waals surface area contributed by atoms with Gasteiger partial charge in [-0.1, -0.05) is 0 Å². The van der Waals surface area contributed by atoms with Gasteiger partial charge < -0.3 is 16.0 Å². The van der Waals surface area contributed by atoms with Gasteiger partial charge in [0.25, 0.3) is 5.91 Å². The van der Waals surface area contributed by atoms with Gasteiger partial charge >= 0.3 is 0 Å². The molecule has 0 heterocycles. The maximum absolute atomic E-state index is 13.3. The fourth-order valence-electron chi connectivity index (χ4n) is 1.36. The van der Waals surface area contributed by atoms with Crippen molar-refractivity contribution in [3.05, 3.63) is 29.6 Å². The molecule has 6 heteroatoms. The summed E-state index contributed by atoms with van der Waals surface area (Å²) < 4.78 is 13.3. The molecule has 98 valence electrons. The smallest absolute Gasteiger partial charge is 0.251 e. The van der Waals surface area contributed by atoms with Crippen LogP contribution >= 0.6 is 0 Å². The zero-order valence-corrected chi connectivity index (χ0v) is 10.3. The highest BCUT2D eigenvalue weighted by molar-refractivity contribution is 5.96. The van der Waals surface area contributed by atoms with Crippen molar-refractivity contribution < 1.29 is 14.0 Å². The lowest BCUT2D eigenvalue weighted by Gasteiger charge is -2.08. The molecule has 1 aromatic rings. The first kappa shape index (κ1) is 14.1. The normalized spacial score (nSPS) is 9.94. The second kappa shape index (κ2) is 6.70. The molecule has 1 aromatic carbocycles. The number of amides is 2. The molecule has 0 saturated heterocycles. The van der Waals surface area contributed by atoms with Crippen LogP contribution in [0.15, 0.2) is 18.2 Å². The Morgan fingerprint density at radius 1 is 1.28 bits per heavy atom. The second-order valence-corrected chi connectivity index (χ2v) is 3.74. The number of benzene rings is 1. The summed E-state index contributed by atoms with van der Waals surface area (Å²) in [5.74, 6) is -1.27. The van der Waals surface area contributed by atoms with Crippen LogP contribution in [0.4, 0.5) is 10.1 Å². The van der Waals surface area contributed by atoms with Gasteiger partial charge in [0.15, 0.2) is 0 Å². The Hall–Kier alpha value is -1.95. The number of anilines is 1. The molecule has 0 aliphatic rings. The summed E-state index contributed by atoms with van der Waals surface area (Å²) in [6, 6.07) is 3.83. The van der Waals surface area contributed by atoms with Gasteiger partial charge in [0.05, 0.1) is 5.69 Å². The maximum atomic E-state index is 13.3. The summed E-state index contributed by atoms with van der Waals surface area (Å²) in [5.41, 5.74) is 0.306. The van der Waals surface area contributed by atoms with E-state index in [1.165, 1.54) is 19.1 Å². The van der Waals surface area contributed by atoms with Crippen molar-refractivity contribution in [2.45, 2.75) is 6.92 Å². The molecule has 0 radical (unpaired) electrons. The van der Waals surface area contributed by atoms with Crippen molar-refractivity contribution in [3.8, 4) is 0 Å². The molecule has 5 nitrogen and oxygen atoms in total. The molecule has 3 N–H and O–H groups in total. The zero-order chi connectivity index (χ0) is 13.5. The number of hydrogen-bond acceptors (Lipinski definition) is 3. The highest BCUT2D eigenvalue weighted by Gasteiger charge is 2.10. The van der Waals surface area contributed by atoms with Crippen LogP contribution in [-0.4, -0.2) is 32.0 Å². The number of rotatable bonds is 5. The van der Waals surface area contributed by atoms with Crippen molar-refractivity contribution >= 4 is 17.5 Å². The first-order chi connectivity index (χ1) is 8.54. The van der Waals surface area contributed by atoms with E-state index in [0.29, 0.717) is 18.7 Å². The van der Waals surface area contributed by atoms with Gasteiger partial charge in [-0.25, -0.2) is 4.39 Å². The lowest BCUT2D eigenvalue weighted by Crippen LogP contribution is -2.30. The van der Waals surface area contributed by atoms with Gasteiger partial charge in [0.1, 0.15) is 5.82 Å². The standard InChI is InChI=1S/C12H16FN3O2/c1-8(17)16-11-7-9(3-4-10(11)13)12(18)15-6-5-14-2/h3-4,7,14H,5-6H2,1-2H3,(H,15,18)(H,16,17). The molecule has 0 unspecified atom stereocenters. The SMILES string of the molecule is CNCCNC(=O)c1ccc(F)c(NC(C)=O)c1. The molecule has 0 atom stereocenters. The fourth-order valence-corrected chi connectivity index (χ4v) is 1.36. The van der Waals surface area contributed by atoms with E-state index in [1.54, 1.807) is 7.05 Å². The first-order valence-corrected chi connectivity index (χ1v) is 5.54. The summed E-state index contributed by atoms with van der Waals surface area (Å²) in [4.78, 5) is 22.6. The summed E-state index contributed by atoms with van der Waals surface area (Å²) in [6.45, 7) is 2.40. The van der Waals surface area contributed by atoms with Crippen LogP contribution in [0.5, 0.6) is 0 Å². The molecule has 0 fully saturated rings. The lowest BCUT2D eigenvalue weighted by atomic mass is 10.1. The van der Waals surface area contributed by atoms with Crippen LogP contribution in [-0.2, 0) is 4.79 Å².